The first kappa shape index (κ1) is 7.34. The largest absolute Gasteiger partial charge is 0.409 e. The zero-order valence-electron chi connectivity index (χ0n) is 6.02. The van der Waals surface area contributed by atoms with Crippen LogP contribution in [0.4, 0.5) is 0 Å². The van der Waals surface area contributed by atoms with Gasteiger partial charge in [0, 0.05) is 6.29 Å². The van der Waals surface area contributed by atoms with Crippen LogP contribution in [-0.2, 0) is 4.79 Å². The monoisotopic (exact) mass is 135 g/mol. The van der Waals surface area contributed by atoms with Crippen molar-refractivity contribution in [3.63, 3.8) is 0 Å². The van der Waals surface area contributed by atoms with Gasteiger partial charge in [-0.3, -0.25) is 5.92 Å². The molecule has 0 bridgehead atoms. The van der Waals surface area contributed by atoms with Crippen molar-refractivity contribution < 1.29 is 4.79 Å². The normalized spacial score (nSPS) is 19.2. The molecule has 0 saturated heterocycles. The minimum Gasteiger partial charge on any atom is -0.409 e. The molecule has 0 aromatic heterocycles. The van der Waals surface area contributed by atoms with E-state index >= 15 is 0 Å². The lowest BCUT2D eigenvalue weighted by Crippen LogP contribution is -2.02. The Bertz CT molecular complexity index is 155. The minimum absolute atomic E-state index is 0.482. The van der Waals surface area contributed by atoms with Crippen molar-refractivity contribution in [3.8, 4) is 11.8 Å². The van der Waals surface area contributed by atoms with Crippen molar-refractivity contribution in [1.82, 2.24) is 0 Å². The first-order valence-electron chi connectivity index (χ1n) is 3.81. The molecule has 1 heteroatoms. The van der Waals surface area contributed by atoms with Crippen LogP contribution in [0.1, 0.15) is 32.1 Å². The van der Waals surface area contributed by atoms with E-state index in [0.717, 1.165) is 0 Å². The Morgan fingerprint density at radius 2 is 1.90 bits per heavy atom. The van der Waals surface area contributed by atoms with Crippen molar-refractivity contribution >= 4 is 6.29 Å². The van der Waals surface area contributed by atoms with E-state index in [1.165, 1.54) is 32.1 Å². The molecule has 0 atom stereocenters. The fourth-order valence-corrected chi connectivity index (χ4v) is 1.38. The fourth-order valence-electron chi connectivity index (χ4n) is 1.38. The van der Waals surface area contributed by atoms with Gasteiger partial charge >= 0.3 is 0 Å². The van der Waals surface area contributed by atoms with Crippen LogP contribution in [0.3, 0.4) is 0 Å². The van der Waals surface area contributed by atoms with Crippen LogP contribution >= 0.6 is 0 Å². The van der Waals surface area contributed by atoms with E-state index in [4.69, 9.17) is 0 Å². The predicted octanol–water partition coefficient (Wildman–Crippen LogP) is 1.68. The van der Waals surface area contributed by atoms with Gasteiger partial charge in [-0.05, 0) is 0 Å². The number of carbonyl (C=O) groups excluding carboxylic acids is 1. The third kappa shape index (κ3) is 2.23. The van der Waals surface area contributed by atoms with Gasteiger partial charge in [0.25, 0.3) is 0 Å². The molecule has 1 nitrogen and oxygen atoms in total. The Kier molecular flexibility index (Phi) is 3.02. The second kappa shape index (κ2) is 4.11. The van der Waals surface area contributed by atoms with Crippen LogP contribution in [0, 0.1) is 17.8 Å². The smallest absolute Gasteiger partial charge is 0.0398 e. The summed E-state index contributed by atoms with van der Waals surface area (Å²) < 4.78 is 0. The van der Waals surface area contributed by atoms with E-state index in [9.17, 15) is 4.79 Å². The Labute approximate surface area is 61.8 Å². The molecule has 54 valence electrons. The Morgan fingerprint density at radius 1 is 1.20 bits per heavy atom. The Morgan fingerprint density at radius 3 is 2.50 bits per heavy atom. The lowest BCUT2D eigenvalue weighted by Gasteiger charge is -2.20. The molecule has 0 aromatic rings. The summed E-state index contributed by atoms with van der Waals surface area (Å²) in [4.78, 5) is 9.75. The van der Waals surface area contributed by atoms with Gasteiger partial charge in [-0.15, -0.1) is 0 Å². The quantitative estimate of drug-likeness (QED) is 0.365. The lowest BCUT2D eigenvalue weighted by atomic mass is 9.90. The molecule has 1 fully saturated rings. The topological polar surface area (TPSA) is 17.1 Å². The molecule has 0 unspecified atom stereocenters. The maximum atomic E-state index is 9.75. The second-order valence-corrected chi connectivity index (χ2v) is 2.71. The molecular formula is C9H11O-. The van der Waals surface area contributed by atoms with Crippen molar-refractivity contribution in [2.75, 3.05) is 0 Å². The van der Waals surface area contributed by atoms with Gasteiger partial charge in [-0.2, -0.15) is 0 Å². The van der Waals surface area contributed by atoms with E-state index < -0.39 is 0 Å². The van der Waals surface area contributed by atoms with Gasteiger partial charge in [0.1, 0.15) is 0 Å². The Balaban J connectivity index is 2.32. The predicted molar refractivity (Wildman–Crippen MR) is 40.0 cm³/mol. The molecule has 0 amide bonds. The highest BCUT2D eigenvalue weighted by atomic mass is 16.1. The molecule has 10 heavy (non-hydrogen) atoms. The standard InChI is InChI=1S/C9H11O/c10-8-4-7-9-5-2-1-3-6-9/h9H,1-3,5-6H2/q-1. The summed E-state index contributed by atoms with van der Waals surface area (Å²) in [5, 5.41) is 0. The van der Waals surface area contributed by atoms with Gasteiger partial charge in [-0.25, -0.2) is 0 Å². The molecule has 0 aromatic carbocycles. The maximum Gasteiger partial charge on any atom is 0.0398 e. The van der Waals surface area contributed by atoms with E-state index in [0.29, 0.717) is 5.92 Å². The molecule has 1 aliphatic rings. The highest BCUT2D eigenvalue weighted by molar-refractivity contribution is 5.73. The Hall–Kier alpha value is -0.770. The summed E-state index contributed by atoms with van der Waals surface area (Å²) >= 11 is 0. The van der Waals surface area contributed by atoms with Crippen LogP contribution in [-0.4, -0.2) is 6.29 Å². The van der Waals surface area contributed by atoms with Crippen LogP contribution in [0.2, 0.25) is 0 Å². The maximum absolute atomic E-state index is 9.75. The average Bonchev–Trinajstić information content (AvgIpc) is 2.03. The van der Waals surface area contributed by atoms with E-state index in [1.807, 2.05) is 0 Å². The molecule has 0 N–H and O–H groups in total. The summed E-state index contributed by atoms with van der Waals surface area (Å²) in [5.41, 5.74) is 0. The fraction of sp³-hybridized carbons (Fsp3) is 0.667. The summed E-state index contributed by atoms with van der Waals surface area (Å²) in [7, 11) is 0. The van der Waals surface area contributed by atoms with Gasteiger partial charge in [-0.1, -0.05) is 38.0 Å². The highest BCUT2D eigenvalue weighted by Gasteiger charge is 2.04. The van der Waals surface area contributed by atoms with Crippen LogP contribution < -0.4 is 0 Å². The van der Waals surface area contributed by atoms with Crippen LogP contribution in [0.5, 0.6) is 0 Å². The zero-order chi connectivity index (χ0) is 7.23. The molecule has 0 aliphatic heterocycles. The highest BCUT2D eigenvalue weighted by Crippen LogP contribution is 2.22. The average molecular weight is 135 g/mol. The summed E-state index contributed by atoms with van der Waals surface area (Å²) in [6.45, 7) is 0. The van der Waals surface area contributed by atoms with Crippen molar-refractivity contribution in [2.24, 2.45) is 5.92 Å². The first-order valence-corrected chi connectivity index (χ1v) is 3.81. The van der Waals surface area contributed by atoms with Gasteiger partial charge in [0.05, 0.1) is 0 Å². The van der Waals surface area contributed by atoms with E-state index in [1.54, 1.807) is 6.29 Å². The van der Waals surface area contributed by atoms with Gasteiger partial charge < -0.3 is 10.7 Å². The summed E-state index contributed by atoms with van der Waals surface area (Å²) in [6, 6.07) is 0. The van der Waals surface area contributed by atoms with Gasteiger partial charge in [0.15, 0.2) is 0 Å². The number of rotatable bonds is 0. The number of hydrogen-bond donors (Lipinski definition) is 0. The molecule has 0 heterocycles. The van der Waals surface area contributed by atoms with E-state index in [-0.39, 0.29) is 0 Å². The summed E-state index contributed by atoms with van der Waals surface area (Å²) in [5.74, 6) is 5.74. The minimum atomic E-state index is 0.482. The third-order valence-corrected chi connectivity index (χ3v) is 1.93. The summed E-state index contributed by atoms with van der Waals surface area (Å²) in [6.07, 6.45) is 7.84. The zero-order valence-corrected chi connectivity index (χ0v) is 6.02. The van der Waals surface area contributed by atoms with Crippen molar-refractivity contribution in [2.45, 2.75) is 32.1 Å². The third-order valence-electron chi connectivity index (χ3n) is 1.93. The first-order chi connectivity index (χ1) is 4.93. The molecule has 0 radical (unpaired) electrons. The van der Waals surface area contributed by atoms with Crippen LogP contribution in [0.15, 0.2) is 0 Å². The van der Waals surface area contributed by atoms with E-state index in [2.05, 4.69) is 11.8 Å². The molecule has 1 rings (SSSR count). The lowest BCUT2D eigenvalue weighted by molar-refractivity contribution is 0.430. The number of hydrogen-bond acceptors (Lipinski definition) is 1. The van der Waals surface area contributed by atoms with Gasteiger partial charge in [0.2, 0.25) is 0 Å². The molecule has 0 spiro atoms. The molecule has 1 saturated carbocycles. The SMILES string of the molecule is O=[C-]C#CC1CCCCC1. The van der Waals surface area contributed by atoms with Crippen molar-refractivity contribution in [3.05, 3.63) is 0 Å². The van der Waals surface area contributed by atoms with Crippen molar-refractivity contribution in [1.29, 1.82) is 0 Å². The second-order valence-electron chi connectivity index (χ2n) is 2.71. The van der Waals surface area contributed by atoms with Crippen LogP contribution in [0.25, 0.3) is 0 Å². The molecular weight excluding hydrogens is 124 g/mol. The molecule has 1 aliphatic carbocycles.